The van der Waals surface area contributed by atoms with Gasteiger partial charge >= 0.3 is 0 Å². The zero-order chi connectivity index (χ0) is 21.1. The summed E-state index contributed by atoms with van der Waals surface area (Å²) >= 11 is 9.40. The van der Waals surface area contributed by atoms with Crippen molar-refractivity contribution < 1.29 is 14.3 Å². The van der Waals surface area contributed by atoms with Crippen molar-refractivity contribution in [2.24, 2.45) is 0 Å². The maximum Gasteiger partial charge on any atom is 0.261 e. The van der Waals surface area contributed by atoms with Gasteiger partial charge in [-0.05, 0) is 48.0 Å². The number of ether oxygens (including phenoxy) is 1. The highest BCUT2D eigenvalue weighted by atomic mass is 79.9. The van der Waals surface area contributed by atoms with E-state index in [1.807, 2.05) is 48.5 Å². The highest BCUT2D eigenvalue weighted by Gasteiger charge is 2.33. The van der Waals surface area contributed by atoms with E-state index < -0.39 is 6.04 Å². The maximum absolute atomic E-state index is 13.2. The van der Waals surface area contributed by atoms with Crippen molar-refractivity contribution in [2.75, 3.05) is 18.5 Å². The molecular formula is C23H18BrClN2O3. The van der Waals surface area contributed by atoms with Crippen molar-refractivity contribution in [1.82, 2.24) is 4.90 Å². The molecule has 30 heavy (non-hydrogen) atoms. The average molecular weight is 486 g/mol. The smallest absolute Gasteiger partial charge is 0.261 e. The molecule has 1 aliphatic heterocycles. The molecule has 5 nitrogen and oxygen atoms in total. The number of carbonyl (C=O) groups excluding carboxylic acids is 2. The van der Waals surface area contributed by atoms with Crippen molar-refractivity contribution in [1.29, 1.82) is 0 Å². The van der Waals surface area contributed by atoms with Crippen molar-refractivity contribution >= 4 is 45.0 Å². The summed E-state index contributed by atoms with van der Waals surface area (Å²) < 4.78 is 6.52. The third kappa shape index (κ3) is 4.50. The van der Waals surface area contributed by atoms with Crippen LogP contribution in [0.25, 0.3) is 0 Å². The number of nitrogens with zero attached hydrogens (tertiary/aromatic N) is 1. The van der Waals surface area contributed by atoms with Crippen LogP contribution in [-0.2, 0) is 9.59 Å². The van der Waals surface area contributed by atoms with Crippen LogP contribution in [0.4, 0.5) is 5.69 Å². The van der Waals surface area contributed by atoms with E-state index in [4.69, 9.17) is 16.3 Å². The maximum atomic E-state index is 13.2. The van der Waals surface area contributed by atoms with Crippen LogP contribution in [0.1, 0.15) is 17.2 Å². The second-order valence-corrected chi connectivity index (χ2v) is 8.21. The van der Waals surface area contributed by atoms with Gasteiger partial charge in [-0.2, -0.15) is 0 Å². The lowest BCUT2D eigenvalue weighted by Gasteiger charge is -2.30. The molecule has 4 rings (SSSR count). The third-order valence-electron chi connectivity index (χ3n) is 4.82. The van der Waals surface area contributed by atoms with Gasteiger partial charge in [0, 0.05) is 20.7 Å². The van der Waals surface area contributed by atoms with Crippen molar-refractivity contribution in [3.63, 3.8) is 0 Å². The van der Waals surface area contributed by atoms with Gasteiger partial charge in [-0.3, -0.25) is 9.59 Å². The summed E-state index contributed by atoms with van der Waals surface area (Å²) in [7, 11) is 0. The van der Waals surface area contributed by atoms with Gasteiger partial charge in [0.2, 0.25) is 5.91 Å². The number of anilines is 1. The Hall–Kier alpha value is -2.83. The number of halogens is 2. The number of benzene rings is 3. The monoisotopic (exact) mass is 484 g/mol. The molecule has 3 aromatic carbocycles. The molecule has 0 bridgehead atoms. The van der Waals surface area contributed by atoms with E-state index in [1.165, 1.54) is 0 Å². The van der Waals surface area contributed by atoms with Gasteiger partial charge in [-0.15, -0.1) is 0 Å². The molecule has 0 aromatic heterocycles. The first-order valence-corrected chi connectivity index (χ1v) is 10.5. The van der Waals surface area contributed by atoms with Crippen LogP contribution in [-0.4, -0.2) is 29.9 Å². The van der Waals surface area contributed by atoms with Crippen LogP contribution in [0, 0.1) is 0 Å². The van der Waals surface area contributed by atoms with Gasteiger partial charge in [0.25, 0.3) is 5.91 Å². The standard InChI is InChI=1S/C23H18BrClN2O3/c24-16-6-11-20-19(12-16)23(15-4-2-1-3-5-15)27(13-21(28)26-20)22(29)14-30-18-9-7-17(25)8-10-18/h1-12,23H,13-14H2,(H,26,28)/t23-/m0/s1. The first kappa shape index (κ1) is 20.4. The Bertz CT molecular complexity index is 1070. The molecule has 0 saturated heterocycles. The Kier molecular flexibility index (Phi) is 6.06. The first-order valence-electron chi connectivity index (χ1n) is 9.33. The van der Waals surface area contributed by atoms with E-state index in [0.29, 0.717) is 16.5 Å². The second-order valence-electron chi connectivity index (χ2n) is 6.86. The first-order chi connectivity index (χ1) is 14.5. The summed E-state index contributed by atoms with van der Waals surface area (Å²) in [6.07, 6.45) is 0. The lowest BCUT2D eigenvalue weighted by atomic mass is 9.96. The minimum atomic E-state index is -0.432. The van der Waals surface area contributed by atoms with Gasteiger partial charge in [0.15, 0.2) is 6.61 Å². The Morgan fingerprint density at radius 1 is 1.10 bits per heavy atom. The summed E-state index contributed by atoms with van der Waals surface area (Å²) in [5, 5.41) is 3.49. The lowest BCUT2D eigenvalue weighted by Crippen LogP contribution is -2.41. The molecule has 0 spiro atoms. The highest BCUT2D eigenvalue weighted by molar-refractivity contribution is 9.10. The molecule has 0 fully saturated rings. The molecule has 0 aliphatic carbocycles. The molecule has 0 radical (unpaired) electrons. The van der Waals surface area contributed by atoms with Crippen molar-refractivity contribution in [3.05, 3.63) is 93.4 Å². The minimum Gasteiger partial charge on any atom is -0.484 e. The Morgan fingerprint density at radius 2 is 1.83 bits per heavy atom. The third-order valence-corrected chi connectivity index (χ3v) is 5.56. The van der Waals surface area contributed by atoms with Gasteiger partial charge in [0.05, 0.1) is 6.04 Å². The average Bonchev–Trinajstić information content (AvgIpc) is 2.89. The van der Waals surface area contributed by atoms with Crippen LogP contribution in [0.15, 0.2) is 77.3 Å². The lowest BCUT2D eigenvalue weighted by molar-refractivity contribution is -0.138. The second kappa shape index (κ2) is 8.90. The molecule has 1 aliphatic rings. The van der Waals surface area contributed by atoms with E-state index in [-0.39, 0.29) is 25.0 Å². The molecule has 7 heteroatoms. The molecule has 2 amide bonds. The van der Waals surface area contributed by atoms with Gasteiger partial charge < -0.3 is 15.0 Å². The fourth-order valence-corrected chi connectivity index (χ4v) is 3.97. The topological polar surface area (TPSA) is 58.6 Å². The van der Waals surface area contributed by atoms with Crippen LogP contribution < -0.4 is 10.1 Å². The van der Waals surface area contributed by atoms with Gasteiger partial charge in [-0.25, -0.2) is 0 Å². The number of fused-ring (bicyclic) bond motifs is 1. The molecule has 152 valence electrons. The molecule has 1 heterocycles. The summed E-state index contributed by atoms with van der Waals surface area (Å²) in [4.78, 5) is 27.3. The number of carbonyl (C=O) groups is 2. The van der Waals surface area contributed by atoms with Gasteiger partial charge in [-0.1, -0.05) is 57.9 Å². The van der Waals surface area contributed by atoms with E-state index in [0.717, 1.165) is 15.6 Å². The van der Waals surface area contributed by atoms with E-state index >= 15 is 0 Å². The molecule has 0 unspecified atom stereocenters. The summed E-state index contributed by atoms with van der Waals surface area (Å²) in [6.45, 7) is -0.268. The Balaban J connectivity index is 1.69. The van der Waals surface area contributed by atoms with Crippen molar-refractivity contribution in [3.8, 4) is 5.75 Å². The van der Waals surface area contributed by atoms with E-state index in [9.17, 15) is 9.59 Å². The number of nitrogens with one attached hydrogen (secondary N) is 1. The predicted octanol–water partition coefficient (Wildman–Crippen LogP) is 5.05. The minimum absolute atomic E-state index is 0.0747. The summed E-state index contributed by atoms with van der Waals surface area (Å²) in [5.74, 6) is -0.00921. The molecule has 3 aromatic rings. The fourth-order valence-electron chi connectivity index (χ4n) is 3.46. The zero-order valence-corrected chi connectivity index (χ0v) is 18.2. The summed E-state index contributed by atoms with van der Waals surface area (Å²) in [6, 6.07) is 21.6. The summed E-state index contributed by atoms with van der Waals surface area (Å²) in [5.41, 5.74) is 2.43. The van der Waals surface area contributed by atoms with E-state index in [2.05, 4.69) is 21.2 Å². The molecule has 1 N–H and O–H groups in total. The van der Waals surface area contributed by atoms with Crippen molar-refractivity contribution in [2.45, 2.75) is 6.04 Å². The highest BCUT2D eigenvalue weighted by Crippen LogP contribution is 2.37. The number of hydrogen-bond donors (Lipinski definition) is 1. The molecule has 1 atom stereocenters. The fraction of sp³-hybridized carbons (Fsp3) is 0.130. The SMILES string of the molecule is O=C1CN(C(=O)COc2ccc(Cl)cc2)[C@@H](c2ccccc2)c2cc(Br)ccc2N1. The number of rotatable bonds is 4. The predicted molar refractivity (Wildman–Crippen MR) is 120 cm³/mol. The van der Waals surface area contributed by atoms with Crippen LogP contribution in [0.2, 0.25) is 5.02 Å². The number of amides is 2. The largest absolute Gasteiger partial charge is 0.484 e. The molecule has 0 saturated carbocycles. The van der Waals surface area contributed by atoms with Gasteiger partial charge in [0.1, 0.15) is 12.3 Å². The van der Waals surface area contributed by atoms with Crippen LogP contribution >= 0.6 is 27.5 Å². The normalized spacial score (nSPS) is 15.7. The number of hydrogen-bond acceptors (Lipinski definition) is 3. The van der Waals surface area contributed by atoms with Crippen LogP contribution in [0.5, 0.6) is 5.75 Å². The van der Waals surface area contributed by atoms with E-state index in [1.54, 1.807) is 29.2 Å². The Morgan fingerprint density at radius 3 is 2.57 bits per heavy atom. The zero-order valence-electron chi connectivity index (χ0n) is 15.8. The Labute approximate surface area is 187 Å². The molecular weight excluding hydrogens is 468 g/mol. The quantitative estimate of drug-likeness (QED) is 0.562. The van der Waals surface area contributed by atoms with Crippen LogP contribution in [0.3, 0.4) is 0 Å².